The number of furan rings is 1. The number of carboxylic acids is 1. The van der Waals surface area contributed by atoms with Crippen molar-refractivity contribution < 1.29 is 24.2 Å². The Morgan fingerprint density at radius 1 is 1.24 bits per heavy atom. The molecule has 0 spiro atoms. The van der Waals surface area contributed by atoms with Crippen LogP contribution in [0.5, 0.6) is 5.75 Å². The number of thiocarbonyl (C=S) groups is 1. The molecular weight excluding hydrogens is 296 g/mol. The third kappa shape index (κ3) is 3.57. The molecule has 1 amide bonds. The van der Waals surface area contributed by atoms with Crippen molar-refractivity contribution in [3.05, 3.63) is 47.9 Å². The third-order valence-electron chi connectivity index (χ3n) is 2.46. The molecule has 0 unspecified atom stereocenters. The van der Waals surface area contributed by atoms with Gasteiger partial charge in [-0.2, -0.15) is 0 Å². The van der Waals surface area contributed by atoms with Gasteiger partial charge in [-0.15, -0.1) is 0 Å². The summed E-state index contributed by atoms with van der Waals surface area (Å²) in [5.74, 6) is -2.08. The molecule has 21 heavy (non-hydrogen) atoms. The molecule has 108 valence electrons. The Hall–Kier alpha value is -2.87. The number of rotatable bonds is 3. The summed E-state index contributed by atoms with van der Waals surface area (Å²) < 4.78 is 4.90. The summed E-state index contributed by atoms with van der Waals surface area (Å²) in [6.07, 6.45) is 1.36. The van der Waals surface area contributed by atoms with E-state index >= 15 is 0 Å². The highest BCUT2D eigenvalue weighted by molar-refractivity contribution is 7.80. The lowest BCUT2D eigenvalue weighted by atomic mass is 10.2. The van der Waals surface area contributed by atoms with E-state index in [4.69, 9.17) is 21.7 Å². The number of nitrogens with one attached hydrogen (secondary N) is 2. The van der Waals surface area contributed by atoms with E-state index in [9.17, 15) is 14.7 Å². The Labute approximate surface area is 124 Å². The van der Waals surface area contributed by atoms with Gasteiger partial charge in [0.15, 0.2) is 10.9 Å². The van der Waals surface area contributed by atoms with E-state index < -0.39 is 17.6 Å². The number of aromatic carboxylic acids is 1. The van der Waals surface area contributed by atoms with Crippen LogP contribution in [0.1, 0.15) is 20.9 Å². The summed E-state index contributed by atoms with van der Waals surface area (Å²) in [4.78, 5) is 22.4. The molecule has 1 aromatic heterocycles. The fraction of sp³-hybridized carbons (Fsp3) is 0. The fourth-order valence-corrected chi connectivity index (χ4v) is 1.74. The average molecular weight is 306 g/mol. The van der Waals surface area contributed by atoms with Crippen LogP contribution >= 0.6 is 12.2 Å². The van der Waals surface area contributed by atoms with E-state index in [1.807, 2.05) is 0 Å². The van der Waals surface area contributed by atoms with E-state index in [-0.39, 0.29) is 16.4 Å². The lowest BCUT2D eigenvalue weighted by Gasteiger charge is -2.09. The first-order valence-corrected chi connectivity index (χ1v) is 6.10. The molecule has 0 saturated heterocycles. The molecule has 0 atom stereocenters. The quantitative estimate of drug-likeness (QED) is 0.640. The van der Waals surface area contributed by atoms with E-state index in [1.54, 1.807) is 6.07 Å². The standard InChI is InChI=1S/C13H10N2O5S/c16-9-6-7(3-4-8(9)12(18)19)14-13(21)15-11(17)10-2-1-5-20-10/h1-6,16H,(H,18,19)(H2,14,15,17,21). The van der Waals surface area contributed by atoms with Crippen LogP contribution in [0.25, 0.3) is 0 Å². The monoisotopic (exact) mass is 306 g/mol. The van der Waals surface area contributed by atoms with Gasteiger partial charge in [0.2, 0.25) is 0 Å². The number of hydrogen-bond donors (Lipinski definition) is 4. The van der Waals surface area contributed by atoms with Crippen LogP contribution in [0.4, 0.5) is 5.69 Å². The zero-order chi connectivity index (χ0) is 15.4. The Kier molecular flexibility index (Phi) is 4.19. The van der Waals surface area contributed by atoms with Crippen LogP contribution in [0, 0.1) is 0 Å². The molecule has 2 rings (SSSR count). The SMILES string of the molecule is O=C(NC(=S)Nc1ccc(C(=O)O)c(O)c1)c1ccco1. The van der Waals surface area contributed by atoms with Crippen LogP contribution in [0.3, 0.4) is 0 Å². The molecule has 1 aromatic carbocycles. The van der Waals surface area contributed by atoms with Gasteiger partial charge >= 0.3 is 5.97 Å². The lowest BCUT2D eigenvalue weighted by Crippen LogP contribution is -2.33. The van der Waals surface area contributed by atoms with Crippen molar-refractivity contribution in [1.82, 2.24) is 5.32 Å². The molecule has 2 aromatic rings. The van der Waals surface area contributed by atoms with Crippen LogP contribution in [0.2, 0.25) is 0 Å². The molecule has 1 heterocycles. The number of benzene rings is 1. The maximum atomic E-state index is 11.7. The van der Waals surface area contributed by atoms with Crippen molar-refractivity contribution in [3.63, 3.8) is 0 Å². The minimum atomic E-state index is -1.24. The highest BCUT2D eigenvalue weighted by Gasteiger charge is 2.12. The number of phenols is 1. The predicted octanol–water partition coefficient (Wildman–Crippen LogP) is 1.81. The Bertz CT molecular complexity index is 697. The van der Waals surface area contributed by atoms with E-state index in [0.29, 0.717) is 5.69 Å². The molecule has 8 heteroatoms. The second-order valence-electron chi connectivity index (χ2n) is 3.92. The van der Waals surface area contributed by atoms with Gasteiger partial charge in [-0.1, -0.05) is 0 Å². The Balaban J connectivity index is 2.01. The van der Waals surface area contributed by atoms with Crippen molar-refractivity contribution in [3.8, 4) is 5.75 Å². The molecular formula is C13H10N2O5S. The van der Waals surface area contributed by atoms with Crippen molar-refractivity contribution in [1.29, 1.82) is 0 Å². The number of carbonyl (C=O) groups is 2. The molecule has 0 aliphatic carbocycles. The molecule has 4 N–H and O–H groups in total. The van der Waals surface area contributed by atoms with Gasteiger partial charge < -0.3 is 19.9 Å². The average Bonchev–Trinajstić information content (AvgIpc) is 2.91. The summed E-state index contributed by atoms with van der Waals surface area (Å²) in [6.45, 7) is 0. The highest BCUT2D eigenvalue weighted by Crippen LogP contribution is 2.21. The molecule has 0 fully saturated rings. The van der Waals surface area contributed by atoms with Gasteiger partial charge in [0.05, 0.1) is 6.26 Å². The zero-order valence-corrected chi connectivity index (χ0v) is 11.3. The van der Waals surface area contributed by atoms with E-state index in [0.717, 1.165) is 0 Å². The number of carbonyl (C=O) groups excluding carboxylic acids is 1. The predicted molar refractivity (Wildman–Crippen MR) is 77.5 cm³/mol. The minimum absolute atomic E-state index is 0.0149. The van der Waals surface area contributed by atoms with E-state index in [2.05, 4.69) is 10.6 Å². The van der Waals surface area contributed by atoms with Gasteiger partial charge in [-0.05, 0) is 36.5 Å². The smallest absolute Gasteiger partial charge is 0.339 e. The maximum absolute atomic E-state index is 11.7. The van der Waals surface area contributed by atoms with Crippen LogP contribution < -0.4 is 10.6 Å². The first-order chi connectivity index (χ1) is 9.97. The summed E-state index contributed by atoms with van der Waals surface area (Å²) in [5.41, 5.74) is 0.105. The molecule has 0 saturated carbocycles. The van der Waals surface area contributed by atoms with Gasteiger partial charge in [0.1, 0.15) is 11.3 Å². The van der Waals surface area contributed by atoms with Gasteiger partial charge in [0, 0.05) is 11.8 Å². The van der Waals surface area contributed by atoms with Crippen molar-refractivity contribution >= 4 is 34.9 Å². The normalized spacial score (nSPS) is 9.90. The molecule has 0 radical (unpaired) electrons. The summed E-state index contributed by atoms with van der Waals surface area (Å²) in [7, 11) is 0. The number of amides is 1. The van der Waals surface area contributed by atoms with Crippen LogP contribution in [-0.4, -0.2) is 27.2 Å². The highest BCUT2D eigenvalue weighted by atomic mass is 32.1. The van der Waals surface area contributed by atoms with Crippen molar-refractivity contribution in [2.24, 2.45) is 0 Å². The Morgan fingerprint density at radius 2 is 2.00 bits per heavy atom. The second-order valence-corrected chi connectivity index (χ2v) is 4.33. The first-order valence-electron chi connectivity index (χ1n) is 5.69. The van der Waals surface area contributed by atoms with Gasteiger partial charge in [0.25, 0.3) is 5.91 Å². The van der Waals surface area contributed by atoms with Crippen LogP contribution in [-0.2, 0) is 0 Å². The third-order valence-corrected chi connectivity index (χ3v) is 2.66. The van der Waals surface area contributed by atoms with Gasteiger partial charge in [-0.3, -0.25) is 10.1 Å². The lowest BCUT2D eigenvalue weighted by molar-refractivity contribution is 0.0693. The first kappa shape index (κ1) is 14.5. The number of carboxylic acid groups (broad SMARTS) is 1. The zero-order valence-electron chi connectivity index (χ0n) is 10.5. The summed E-state index contributed by atoms with van der Waals surface area (Å²) in [6, 6.07) is 6.86. The molecule has 0 bridgehead atoms. The van der Waals surface area contributed by atoms with Crippen molar-refractivity contribution in [2.75, 3.05) is 5.32 Å². The number of hydrogen-bond acceptors (Lipinski definition) is 5. The van der Waals surface area contributed by atoms with Crippen molar-refractivity contribution in [2.45, 2.75) is 0 Å². The fourth-order valence-electron chi connectivity index (χ4n) is 1.53. The summed E-state index contributed by atoms with van der Waals surface area (Å²) >= 11 is 4.93. The Morgan fingerprint density at radius 3 is 2.57 bits per heavy atom. The molecule has 0 aliphatic rings. The summed E-state index contributed by atoms with van der Waals surface area (Å²) in [5, 5.41) is 23.3. The van der Waals surface area contributed by atoms with E-state index in [1.165, 1.54) is 30.5 Å². The largest absolute Gasteiger partial charge is 0.507 e. The topological polar surface area (TPSA) is 112 Å². The molecule has 7 nitrogen and oxygen atoms in total. The van der Waals surface area contributed by atoms with Crippen LogP contribution in [0.15, 0.2) is 41.0 Å². The number of anilines is 1. The second kappa shape index (κ2) is 6.06. The van der Waals surface area contributed by atoms with Gasteiger partial charge in [-0.25, -0.2) is 4.79 Å². The minimum Gasteiger partial charge on any atom is -0.507 e. The molecule has 0 aliphatic heterocycles. The maximum Gasteiger partial charge on any atom is 0.339 e. The number of aromatic hydroxyl groups is 1.